The summed E-state index contributed by atoms with van der Waals surface area (Å²) < 4.78 is 2.30. The Kier molecular flexibility index (Phi) is 5.06. The van der Waals surface area contributed by atoms with Gasteiger partial charge >= 0.3 is 0 Å². The molecule has 0 bridgehead atoms. The largest absolute Gasteiger partial charge is 0.311 e. The van der Waals surface area contributed by atoms with Gasteiger partial charge in [0.25, 0.3) is 0 Å². The molecular weight excluding hydrogens is 394 g/mol. The Balaban J connectivity index is 1.89. The van der Waals surface area contributed by atoms with Crippen molar-refractivity contribution in [2.24, 2.45) is 0 Å². The fourth-order valence-corrected chi connectivity index (χ4v) is 4.73. The van der Waals surface area contributed by atoms with E-state index in [2.05, 4.69) is 74.6 Å². The van der Waals surface area contributed by atoms with Crippen LogP contribution in [0.4, 0.5) is 0 Å². The van der Waals surface area contributed by atoms with Crippen LogP contribution in [0, 0.1) is 0 Å². The molecule has 0 unspecified atom stereocenters. The van der Waals surface area contributed by atoms with E-state index in [9.17, 15) is 0 Å². The lowest BCUT2D eigenvalue weighted by Crippen LogP contribution is -2.31. The van der Waals surface area contributed by atoms with Gasteiger partial charge in [-0.2, -0.15) is 0 Å². The van der Waals surface area contributed by atoms with Gasteiger partial charge in [0.05, 0.1) is 3.79 Å². The molecule has 2 aromatic rings. The number of hydrogen-bond donors (Lipinski definition) is 1. The number of hydrogen-bond acceptors (Lipinski definition) is 3. The minimum atomic E-state index is 0.194. The van der Waals surface area contributed by atoms with Crippen molar-refractivity contribution < 1.29 is 0 Å². The van der Waals surface area contributed by atoms with E-state index in [1.54, 1.807) is 11.3 Å². The third-order valence-electron chi connectivity index (χ3n) is 2.75. The second-order valence-electron chi connectivity index (χ2n) is 4.80. The van der Waals surface area contributed by atoms with Gasteiger partial charge in [0.2, 0.25) is 0 Å². The normalized spacial score (nSPS) is 12.0. The minimum absolute atomic E-state index is 0.194. The van der Waals surface area contributed by atoms with E-state index in [-0.39, 0.29) is 5.41 Å². The molecule has 0 saturated heterocycles. The molecule has 0 spiro atoms. The average molecular weight is 409 g/mol. The Hall–Kier alpha value is 0.320. The molecule has 18 heavy (non-hydrogen) atoms. The van der Waals surface area contributed by atoms with Crippen LogP contribution in [0.25, 0.3) is 0 Å². The molecule has 1 nitrogen and oxygen atoms in total. The molecule has 0 atom stereocenters. The maximum atomic E-state index is 3.55. The van der Waals surface area contributed by atoms with Crippen LogP contribution in [0.5, 0.6) is 0 Å². The molecule has 2 rings (SSSR count). The fourth-order valence-electron chi connectivity index (χ4n) is 1.73. The van der Waals surface area contributed by atoms with E-state index < -0.39 is 0 Å². The third-order valence-corrected chi connectivity index (χ3v) is 7.24. The van der Waals surface area contributed by atoms with Crippen molar-refractivity contribution in [1.29, 1.82) is 0 Å². The molecule has 98 valence electrons. The number of rotatable bonds is 5. The lowest BCUT2D eigenvalue weighted by molar-refractivity contribution is 0.478. The van der Waals surface area contributed by atoms with Gasteiger partial charge in [0.1, 0.15) is 0 Å². The van der Waals surface area contributed by atoms with E-state index in [1.165, 1.54) is 9.75 Å². The second kappa shape index (κ2) is 6.18. The molecule has 0 aromatic carbocycles. The predicted molar refractivity (Wildman–Crippen MR) is 88.8 cm³/mol. The minimum Gasteiger partial charge on any atom is -0.311 e. The smallest absolute Gasteiger partial charge is 0.0843 e. The summed E-state index contributed by atoms with van der Waals surface area (Å²) in [6.45, 7) is 6.47. The third kappa shape index (κ3) is 3.67. The molecular formula is C13H15Br2NS2. The van der Waals surface area contributed by atoms with Gasteiger partial charge in [-0.25, -0.2) is 0 Å². The number of thiophene rings is 2. The van der Waals surface area contributed by atoms with Crippen molar-refractivity contribution in [3.05, 3.63) is 41.6 Å². The lowest BCUT2D eigenvalue weighted by atomic mass is 9.91. The van der Waals surface area contributed by atoms with Crippen molar-refractivity contribution >= 4 is 54.5 Å². The summed E-state index contributed by atoms with van der Waals surface area (Å²) in [7, 11) is 0. The van der Waals surface area contributed by atoms with Gasteiger partial charge < -0.3 is 5.32 Å². The molecule has 5 heteroatoms. The highest BCUT2D eigenvalue weighted by molar-refractivity contribution is 9.13. The van der Waals surface area contributed by atoms with Gasteiger partial charge in [-0.1, -0.05) is 19.9 Å². The zero-order valence-corrected chi connectivity index (χ0v) is 15.1. The first-order valence-electron chi connectivity index (χ1n) is 5.67. The van der Waals surface area contributed by atoms with Crippen molar-refractivity contribution in [2.75, 3.05) is 6.54 Å². The average Bonchev–Trinajstić information content (AvgIpc) is 2.90. The summed E-state index contributed by atoms with van der Waals surface area (Å²) in [6, 6.07) is 6.50. The Labute approximate surface area is 133 Å². The highest BCUT2D eigenvalue weighted by Gasteiger charge is 2.21. The SMILES string of the molecule is CC(C)(CNCc1cc(Br)c(Br)s1)c1cccs1. The van der Waals surface area contributed by atoms with E-state index in [1.807, 2.05) is 11.3 Å². The summed E-state index contributed by atoms with van der Waals surface area (Å²) in [5.74, 6) is 0. The quantitative estimate of drug-likeness (QED) is 0.697. The van der Waals surface area contributed by atoms with E-state index in [0.717, 1.165) is 21.3 Å². The van der Waals surface area contributed by atoms with Crippen LogP contribution in [-0.2, 0) is 12.0 Å². The molecule has 2 heterocycles. The summed E-state index contributed by atoms with van der Waals surface area (Å²) in [6.07, 6.45) is 0. The highest BCUT2D eigenvalue weighted by Crippen LogP contribution is 2.32. The standard InChI is InChI=1S/C13H15Br2NS2/c1-13(2,11-4-3-5-17-11)8-16-7-9-6-10(14)12(15)18-9/h3-6,16H,7-8H2,1-2H3. The molecule has 2 aromatic heterocycles. The van der Waals surface area contributed by atoms with E-state index in [0.29, 0.717) is 0 Å². The fraction of sp³-hybridized carbons (Fsp3) is 0.385. The first kappa shape index (κ1) is 14.7. The van der Waals surface area contributed by atoms with Crippen molar-refractivity contribution in [1.82, 2.24) is 5.32 Å². The Morgan fingerprint density at radius 3 is 2.67 bits per heavy atom. The molecule has 0 aliphatic heterocycles. The Morgan fingerprint density at radius 2 is 2.11 bits per heavy atom. The molecule has 0 saturated carbocycles. The topological polar surface area (TPSA) is 12.0 Å². The van der Waals surface area contributed by atoms with Crippen LogP contribution in [-0.4, -0.2) is 6.54 Å². The first-order chi connectivity index (χ1) is 8.49. The summed E-state index contributed by atoms with van der Waals surface area (Å²) in [4.78, 5) is 2.78. The zero-order valence-electron chi connectivity index (χ0n) is 10.3. The predicted octanol–water partition coefficient (Wildman–Crippen LogP) is 5.40. The molecule has 0 fully saturated rings. The van der Waals surface area contributed by atoms with Crippen LogP contribution in [0.2, 0.25) is 0 Å². The van der Waals surface area contributed by atoms with Crippen molar-refractivity contribution in [3.8, 4) is 0 Å². The van der Waals surface area contributed by atoms with Gasteiger partial charge in [0.15, 0.2) is 0 Å². The van der Waals surface area contributed by atoms with Crippen LogP contribution in [0.15, 0.2) is 31.8 Å². The van der Waals surface area contributed by atoms with Gasteiger partial charge in [-0.15, -0.1) is 22.7 Å². The van der Waals surface area contributed by atoms with Crippen LogP contribution >= 0.6 is 54.5 Å². The molecule has 0 amide bonds. The van der Waals surface area contributed by atoms with Crippen LogP contribution < -0.4 is 5.32 Å². The zero-order chi connectivity index (χ0) is 13.2. The summed E-state index contributed by atoms with van der Waals surface area (Å²) >= 11 is 10.6. The Bertz CT molecular complexity index is 484. The summed E-state index contributed by atoms with van der Waals surface area (Å²) in [5, 5.41) is 5.69. The monoisotopic (exact) mass is 407 g/mol. The maximum absolute atomic E-state index is 3.55. The second-order valence-corrected chi connectivity index (χ2v) is 9.06. The molecule has 0 aliphatic rings. The summed E-state index contributed by atoms with van der Waals surface area (Å²) in [5.41, 5.74) is 0.194. The van der Waals surface area contributed by atoms with E-state index >= 15 is 0 Å². The number of halogens is 2. The highest BCUT2D eigenvalue weighted by atomic mass is 79.9. The maximum Gasteiger partial charge on any atom is 0.0843 e. The molecule has 1 N–H and O–H groups in total. The van der Waals surface area contributed by atoms with Crippen LogP contribution in [0.1, 0.15) is 23.6 Å². The van der Waals surface area contributed by atoms with Gasteiger partial charge in [-0.3, -0.25) is 0 Å². The van der Waals surface area contributed by atoms with Crippen LogP contribution in [0.3, 0.4) is 0 Å². The van der Waals surface area contributed by atoms with Gasteiger partial charge in [0, 0.05) is 32.7 Å². The Morgan fingerprint density at radius 1 is 1.33 bits per heavy atom. The van der Waals surface area contributed by atoms with E-state index in [4.69, 9.17) is 0 Å². The van der Waals surface area contributed by atoms with Gasteiger partial charge in [-0.05, 0) is 49.4 Å². The molecule has 0 radical (unpaired) electrons. The number of nitrogens with one attached hydrogen (secondary N) is 1. The first-order valence-corrected chi connectivity index (χ1v) is 8.96. The molecule has 0 aliphatic carbocycles. The van der Waals surface area contributed by atoms with Crippen molar-refractivity contribution in [3.63, 3.8) is 0 Å². The lowest BCUT2D eigenvalue weighted by Gasteiger charge is -2.23. The van der Waals surface area contributed by atoms with Crippen molar-refractivity contribution in [2.45, 2.75) is 25.8 Å².